The fourth-order valence-electron chi connectivity index (χ4n) is 0.837. The van der Waals surface area contributed by atoms with Crippen molar-refractivity contribution in [1.82, 2.24) is 10.2 Å². The normalized spacial score (nSPS) is 12.3. The summed E-state index contributed by atoms with van der Waals surface area (Å²) >= 11 is 0. The van der Waals surface area contributed by atoms with Gasteiger partial charge in [-0.2, -0.15) is 0 Å². The highest BCUT2D eigenvalue weighted by Crippen LogP contribution is 2.00. The number of nitrogens with zero attached hydrogens (tertiary/aromatic N) is 1. The molecule has 88 valence electrons. The number of nitrogens with one attached hydrogen (secondary N) is 1. The topological polar surface area (TPSA) is 69.6 Å². The molecule has 2 N–H and O–H groups in total. The Morgan fingerprint density at radius 3 is 2.27 bits per heavy atom. The Bertz CT molecular complexity index is 229. The van der Waals surface area contributed by atoms with Crippen molar-refractivity contribution in [2.45, 2.75) is 33.2 Å². The van der Waals surface area contributed by atoms with Crippen LogP contribution in [0.5, 0.6) is 0 Å². The van der Waals surface area contributed by atoms with E-state index < -0.39 is 5.97 Å². The van der Waals surface area contributed by atoms with Crippen molar-refractivity contribution >= 4 is 12.0 Å². The summed E-state index contributed by atoms with van der Waals surface area (Å²) in [6.45, 7) is 6.18. The Hall–Kier alpha value is -1.26. The van der Waals surface area contributed by atoms with Gasteiger partial charge in [0.15, 0.2) is 0 Å². The van der Waals surface area contributed by atoms with Crippen molar-refractivity contribution in [3.8, 4) is 0 Å². The predicted molar refractivity (Wildman–Crippen MR) is 57.7 cm³/mol. The molecule has 0 saturated heterocycles. The van der Waals surface area contributed by atoms with Gasteiger partial charge in [0.05, 0.1) is 6.42 Å². The molecule has 0 aliphatic heterocycles. The molecule has 0 aromatic carbocycles. The number of carbonyl (C=O) groups excluding carboxylic acids is 1. The number of hydrogen-bond acceptors (Lipinski definition) is 2. The molecule has 0 bridgehead atoms. The van der Waals surface area contributed by atoms with Gasteiger partial charge in [-0.05, 0) is 12.8 Å². The third kappa shape index (κ3) is 5.93. The standard InChI is InChI=1S/C10H20N2O3/c1-7(2)8(3)11-10(15)12(4)6-5-9(13)14/h7-8H,5-6H2,1-4H3,(H,11,15)(H,13,14). The minimum absolute atomic E-state index is 0.0278. The zero-order chi connectivity index (χ0) is 12.0. The van der Waals surface area contributed by atoms with E-state index in [1.165, 1.54) is 4.90 Å². The minimum atomic E-state index is -0.897. The van der Waals surface area contributed by atoms with Crippen molar-refractivity contribution < 1.29 is 14.7 Å². The molecule has 1 unspecified atom stereocenters. The van der Waals surface area contributed by atoms with Crippen molar-refractivity contribution in [2.24, 2.45) is 5.92 Å². The summed E-state index contributed by atoms with van der Waals surface area (Å²) in [5, 5.41) is 11.3. The van der Waals surface area contributed by atoms with E-state index in [0.717, 1.165) is 0 Å². The molecule has 15 heavy (non-hydrogen) atoms. The molecule has 0 heterocycles. The van der Waals surface area contributed by atoms with E-state index in [-0.39, 0.29) is 25.0 Å². The number of rotatable bonds is 5. The van der Waals surface area contributed by atoms with E-state index in [4.69, 9.17) is 5.11 Å². The molecule has 0 aromatic rings. The fraction of sp³-hybridized carbons (Fsp3) is 0.800. The molecule has 0 rings (SSSR count). The largest absolute Gasteiger partial charge is 0.481 e. The van der Waals surface area contributed by atoms with Crippen LogP contribution in [0.3, 0.4) is 0 Å². The van der Waals surface area contributed by atoms with Crippen LogP contribution in [0.15, 0.2) is 0 Å². The minimum Gasteiger partial charge on any atom is -0.481 e. The highest BCUT2D eigenvalue weighted by molar-refractivity contribution is 5.75. The summed E-state index contributed by atoms with van der Waals surface area (Å²) in [5.41, 5.74) is 0. The smallest absolute Gasteiger partial charge is 0.317 e. The Labute approximate surface area is 90.5 Å². The van der Waals surface area contributed by atoms with Crippen molar-refractivity contribution in [1.29, 1.82) is 0 Å². The second kappa shape index (κ2) is 6.27. The highest BCUT2D eigenvalue weighted by Gasteiger charge is 2.14. The zero-order valence-corrected chi connectivity index (χ0v) is 9.78. The van der Waals surface area contributed by atoms with Gasteiger partial charge in [-0.15, -0.1) is 0 Å². The van der Waals surface area contributed by atoms with Crippen LogP contribution in [0.25, 0.3) is 0 Å². The van der Waals surface area contributed by atoms with E-state index >= 15 is 0 Å². The maximum absolute atomic E-state index is 11.5. The maximum atomic E-state index is 11.5. The van der Waals surface area contributed by atoms with Gasteiger partial charge in [0.2, 0.25) is 0 Å². The second-order valence-electron chi connectivity index (χ2n) is 4.05. The first kappa shape index (κ1) is 13.7. The van der Waals surface area contributed by atoms with Crippen molar-refractivity contribution in [3.63, 3.8) is 0 Å². The monoisotopic (exact) mass is 216 g/mol. The van der Waals surface area contributed by atoms with Crippen molar-refractivity contribution in [2.75, 3.05) is 13.6 Å². The molecule has 0 aliphatic rings. The van der Waals surface area contributed by atoms with Gasteiger partial charge in [0.1, 0.15) is 0 Å². The fourth-order valence-corrected chi connectivity index (χ4v) is 0.837. The number of carbonyl (C=O) groups is 2. The first-order chi connectivity index (χ1) is 6.84. The predicted octanol–water partition coefficient (Wildman–Crippen LogP) is 1.15. The van der Waals surface area contributed by atoms with E-state index in [2.05, 4.69) is 5.32 Å². The van der Waals surface area contributed by atoms with E-state index in [9.17, 15) is 9.59 Å². The van der Waals surface area contributed by atoms with Crippen LogP contribution < -0.4 is 5.32 Å². The van der Waals surface area contributed by atoms with Crippen LogP contribution in [0.1, 0.15) is 27.2 Å². The van der Waals surface area contributed by atoms with E-state index in [1.54, 1.807) is 7.05 Å². The van der Waals surface area contributed by atoms with Gasteiger partial charge in [0, 0.05) is 19.6 Å². The van der Waals surface area contributed by atoms with Crippen LogP contribution in [-0.2, 0) is 4.79 Å². The quantitative estimate of drug-likeness (QED) is 0.724. The Morgan fingerprint density at radius 1 is 1.33 bits per heavy atom. The molecule has 0 aliphatic carbocycles. The summed E-state index contributed by atoms with van der Waals surface area (Å²) in [7, 11) is 1.59. The van der Waals surface area contributed by atoms with Gasteiger partial charge < -0.3 is 15.3 Å². The molecular weight excluding hydrogens is 196 g/mol. The highest BCUT2D eigenvalue weighted by atomic mass is 16.4. The molecular formula is C10H20N2O3. The van der Waals surface area contributed by atoms with Crippen LogP contribution in [-0.4, -0.2) is 41.6 Å². The van der Waals surface area contributed by atoms with E-state index in [0.29, 0.717) is 5.92 Å². The van der Waals surface area contributed by atoms with Gasteiger partial charge in [-0.1, -0.05) is 13.8 Å². The van der Waals surface area contributed by atoms with Gasteiger partial charge in [-0.3, -0.25) is 4.79 Å². The van der Waals surface area contributed by atoms with Gasteiger partial charge >= 0.3 is 12.0 Å². The molecule has 0 aromatic heterocycles. The maximum Gasteiger partial charge on any atom is 0.317 e. The summed E-state index contributed by atoms with van der Waals surface area (Å²) in [4.78, 5) is 23.2. The summed E-state index contributed by atoms with van der Waals surface area (Å²) in [5.74, 6) is -0.534. The van der Waals surface area contributed by atoms with E-state index in [1.807, 2.05) is 20.8 Å². The lowest BCUT2D eigenvalue weighted by molar-refractivity contribution is -0.137. The summed E-state index contributed by atoms with van der Waals surface area (Å²) in [6.07, 6.45) is -0.0278. The average Bonchev–Trinajstić information content (AvgIpc) is 2.13. The lowest BCUT2D eigenvalue weighted by atomic mass is 10.1. The Morgan fingerprint density at radius 2 is 1.87 bits per heavy atom. The van der Waals surface area contributed by atoms with Crippen LogP contribution >= 0.6 is 0 Å². The number of aliphatic carboxylic acids is 1. The van der Waals surface area contributed by atoms with Gasteiger partial charge in [-0.25, -0.2) is 4.79 Å². The first-order valence-electron chi connectivity index (χ1n) is 5.08. The molecule has 1 atom stereocenters. The molecule has 0 saturated carbocycles. The molecule has 0 fully saturated rings. The second-order valence-corrected chi connectivity index (χ2v) is 4.05. The average molecular weight is 216 g/mol. The van der Waals surface area contributed by atoms with Crippen LogP contribution in [0.4, 0.5) is 4.79 Å². The van der Waals surface area contributed by atoms with Gasteiger partial charge in [0.25, 0.3) is 0 Å². The Balaban J connectivity index is 3.93. The summed E-state index contributed by atoms with van der Waals surface area (Å²) in [6, 6.07) is -0.137. The molecule has 0 spiro atoms. The third-order valence-electron chi connectivity index (χ3n) is 2.36. The first-order valence-corrected chi connectivity index (χ1v) is 5.08. The molecule has 0 radical (unpaired) electrons. The van der Waals surface area contributed by atoms with Crippen LogP contribution in [0, 0.1) is 5.92 Å². The molecule has 5 heteroatoms. The lowest BCUT2D eigenvalue weighted by Crippen LogP contribution is -2.44. The lowest BCUT2D eigenvalue weighted by Gasteiger charge is -2.22. The number of amides is 2. The number of urea groups is 1. The van der Waals surface area contributed by atoms with Crippen LogP contribution in [0.2, 0.25) is 0 Å². The molecule has 5 nitrogen and oxygen atoms in total. The number of carboxylic acid groups (broad SMARTS) is 1. The Kier molecular flexibility index (Phi) is 5.74. The van der Waals surface area contributed by atoms with Crippen molar-refractivity contribution in [3.05, 3.63) is 0 Å². The molecule has 2 amide bonds. The zero-order valence-electron chi connectivity index (χ0n) is 9.78. The SMILES string of the molecule is CC(C)C(C)NC(=O)N(C)CCC(=O)O. The number of carboxylic acids is 1. The third-order valence-corrected chi connectivity index (χ3v) is 2.36. The summed E-state index contributed by atoms with van der Waals surface area (Å²) < 4.78 is 0. The number of hydrogen-bond donors (Lipinski definition) is 2.